The average Bonchev–Trinajstić information content (AvgIpc) is 2.56. The quantitative estimate of drug-likeness (QED) is 0.896. The van der Waals surface area contributed by atoms with E-state index in [4.69, 9.17) is 0 Å². The molecule has 1 atom stereocenters. The Morgan fingerprint density at radius 2 is 2.12 bits per heavy atom. The van der Waals surface area contributed by atoms with Crippen LogP contribution in [0.15, 0.2) is 35.1 Å². The van der Waals surface area contributed by atoms with Crippen LogP contribution in [0.2, 0.25) is 0 Å². The molecule has 2 heterocycles. The van der Waals surface area contributed by atoms with Crippen molar-refractivity contribution in [1.29, 1.82) is 0 Å². The van der Waals surface area contributed by atoms with Crippen molar-refractivity contribution in [3.05, 3.63) is 57.8 Å². The number of nitrogens with zero attached hydrogens (tertiary/aromatic N) is 3. The van der Waals surface area contributed by atoms with Crippen LogP contribution in [0.1, 0.15) is 23.1 Å². The molecule has 1 amide bonds. The number of aryl methyl sites for hydroxylation is 1. The molecule has 3 rings (SSSR count). The monoisotopic (exact) mass is 330 g/mol. The lowest BCUT2D eigenvalue weighted by atomic mass is 10.2. The molecule has 0 unspecified atom stereocenters. The van der Waals surface area contributed by atoms with Crippen LogP contribution in [0, 0.1) is 12.7 Å². The van der Waals surface area contributed by atoms with E-state index < -0.39 is 17.2 Å². The van der Waals surface area contributed by atoms with Crippen LogP contribution in [-0.2, 0) is 0 Å². The Bertz CT molecular complexity index is 834. The molecular formula is C17H19FN4O2. The summed E-state index contributed by atoms with van der Waals surface area (Å²) in [6, 6.07) is 7.41. The van der Waals surface area contributed by atoms with Gasteiger partial charge in [-0.25, -0.2) is 9.07 Å². The molecule has 1 aliphatic heterocycles. The van der Waals surface area contributed by atoms with E-state index in [0.29, 0.717) is 25.3 Å². The fraction of sp³-hybridized carbons (Fsp3) is 0.353. The molecule has 24 heavy (non-hydrogen) atoms. The molecule has 0 radical (unpaired) electrons. The zero-order chi connectivity index (χ0) is 17.3. The van der Waals surface area contributed by atoms with Crippen molar-refractivity contribution in [1.82, 2.24) is 20.0 Å². The Labute approximate surface area is 138 Å². The standard InChI is InChI=1S/C17H19FN4O2/c1-11-9-15(23)16(17(24)21-8-7-19-10-12(21)2)20-22(11)14-6-4-3-5-13(14)18/h3-6,9,12,19H,7-8,10H2,1-2H3/t12-/m1/s1. The third kappa shape index (κ3) is 2.94. The number of rotatable bonds is 2. The summed E-state index contributed by atoms with van der Waals surface area (Å²) in [5.74, 6) is -0.884. The maximum Gasteiger partial charge on any atom is 0.278 e. The Kier molecular flexibility index (Phi) is 4.44. The van der Waals surface area contributed by atoms with Crippen molar-refractivity contribution < 1.29 is 9.18 Å². The van der Waals surface area contributed by atoms with Gasteiger partial charge >= 0.3 is 0 Å². The molecule has 0 bridgehead atoms. The molecule has 126 valence electrons. The minimum Gasteiger partial charge on any atom is -0.332 e. The van der Waals surface area contributed by atoms with E-state index in [0.717, 1.165) is 0 Å². The maximum absolute atomic E-state index is 14.1. The second-order valence-corrected chi connectivity index (χ2v) is 5.91. The van der Waals surface area contributed by atoms with Gasteiger partial charge in [-0.05, 0) is 26.0 Å². The van der Waals surface area contributed by atoms with Gasteiger partial charge in [-0.1, -0.05) is 12.1 Å². The summed E-state index contributed by atoms with van der Waals surface area (Å²) >= 11 is 0. The first-order valence-electron chi connectivity index (χ1n) is 7.86. The Balaban J connectivity index is 2.06. The number of hydrogen-bond donors (Lipinski definition) is 1. The summed E-state index contributed by atoms with van der Waals surface area (Å²) in [4.78, 5) is 26.6. The summed E-state index contributed by atoms with van der Waals surface area (Å²) in [5.41, 5.74) is 0.0424. The van der Waals surface area contributed by atoms with E-state index in [1.165, 1.54) is 16.8 Å². The fourth-order valence-electron chi connectivity index (χ4n) is 2.84. The number of amides is 1. The van der Waals surface area contributed by atoms with Gasteiger partial charge in [-0.3, -0.25) is 9.59 Å². The van der Waals surface area contributed by atoms with Crippen LogP contribution in [-0.4, -0.2) is 46.3 Å². The van der Waals surface area contributed by atoms with Crippen LogP contribution in [0.3, 0.4) is 0 Å². The highest BCUT2D eigenvalue weighted by Crippen LogP contribution is 2.14. The van der Waals surface area contributed by atoms with E-state index >= 15 is 0 Å². The number of carbonyl (C=O) groups excluding carboxylic acids is 1. The number of benzene rings is 1. The molecule has 1 fully saturated rings. The molecule has 0 saturated carbocycles. The van der Waals surface area contributed by atoms with Gasteiger partial charge in [-0.2, -0.15) is 5.10 Å². The number of piperazine rings is 1. The minimum atomic E-state index is -0.467. The van der Waals surface area contributed by atoms with Crippen molar-refractivity contribution in [3.63, 3.8) is 0 Å². The molecule has 1 aliphatic rings. The van der Waals surface area contributed by atoms with Crippen LogP contribution in [0.5, 0.6) is 0 Å². The summed E-state index contributed by atoms with van der Waals surface area (Å²) in [7, 11) is 0. The molecule has 0 spiro atoms. The van der Waals surface area contributed by atoms with Crippen molar-refractivity contribution in [2.75, 3.05) is 19.6 Å². The second-order valence-electron chi connectivity index (χ2n) is 5.91. The lowest BCUT2D eigenvalue weighted by Gasteiger charge is -2.33. The number of carbonyl (C=O) groups is 1. The summed E-state index contributed by atoms with van der Waals surface area (Å²) in [6.45, 7) is 5.41. The molecule has 1 aromatic heterocycles. The molecular weight excluding hydrogens is 311 g/mol. The summed E-state index contributed by atoms with van der Waals surface area (Å²) in [6.07, 6.45) is 0. The maximum atomic E-state index is 14.1. The normalized spacial score (nSPS) is 17.8. The van der Waals surface area contributed by atoms with Gasteiger partial charge in [0.15, 0.2) is 5.69 Å². The van der Waals surface area contributed by atoms with Crippen LogP contribution in [0.25, 0.3) is 5.69 Å². The number of halogens is 1. The number of hydrogen-bond acceptors (Lipinski definition) is 4. The molecule has 1 saturated heterocycles. The predicted molar refractivity (Wildman–Crippen MR) is 87.9 cm³/mol. The van der Waals surface area contributed by atoms with Gasteiger partial charge in [0.05, 0.1) is 0 Å². The van der Waals surface area contributed by atoms with Gasteiger partial charge in [-0.15, -0.1) is 0 Å². The lowest BCUT2D eigenvalue weighted by molar-refractivity contribution is 0.0646. The van der Waals surface area contributed by atoms with Crippen LogP contribution >= 0.6 is 0 Å². The number of nitrogens with one attached hydrogen (secondary N) is 1. The summed E-state index contributed by atoms with van der Waals surface area (Å²) in [5, 5.41) is 7.36. The largest absolute Gasteiger partial charge is 0.332 e. The van der Waals surface area contributed by atoms with E-state index in [-0.39, 0.29) is 17.4 Å². The second kappa shape index (κ2) is 6.52. The van der Waals surface area contributed by atoms with Crippen molar-refractivity contribution in [2.24, 2.45) is 0 Å². The van der Waals surface area contributed by atoms with Crippen molar-refractivity contribution >= 4 is 5.91 Å². The van der Waals surface area contributed by atoms with Crippen LogP contribution in [0.4, 0.5) is 4.39 Å². The molecule has 1 N–H and O–H groups in total. The minimum absolute atomic E-state index is 0.0318. The highest BCUT2D eigenvalue weighted by molar-refractivity contribution is 5.92. The molecule has 2 aromatic rings. The van der Waals surface area contributed by atoms with E-state index in [9.17, 15) is 14.0 Å². The fourth-order valence-corrected chi connectivity index (χ4v) is 2.84. The Morgan fingerprint density at radius 3 is 2.83 bits per heavy atom. The first-order valence-corrected chi connectivity index (χ1v) is 7.86. The highest BCUT2D eigenvalue weighted by Gasteiger charge is 2.27. The van der Waals surface area contributed by atoms with Gasteiger partial charge in [0.25, 0.3) is 5.91 Å². The van der Waals surface area contributed by atoms with Gasteiger partial charge in [0.2, 0.25) is 5.43 Å². The first-order chi connectivity index (χ1) is 11.5. The van der Waals surface area contributed by atoms with Crippen molar-refractivity contribution in [2.45, 2.75) is 19.9 Å². The lowest BCUT2D eigenvalue weighted by Crippen LogP contribution is -2.53. The third-order valence-corrected chi connectivity index (χ3v) is 4.15. The smallest absolute Gasteiger partial charge is 0.278 e. The molecule has 7 heteroatoms. The first kappa shape index (κ1) is 16.3. The topological polar surface area (TPSA) is 67.2 Å². The highest BCUT2D eigenvalue weighted by atomic mass is 19.1. The molecule has 0 aliphatic carbocycles. The SMILES string of the molecule is Cc1cc(=O)c(C(=O)N2CCNC[C@H]2C)nn1-c1ccccc1F. The third-order valence-electron chi connectivity index (χ3n) is 4.15. The van der Waals surface area contributed by atoms with Gasteiger partial charge in [0.1, 0.15) is 11.5 Å². The Morgan fingerprint density at radius 1 is 1.38 bits per heavy atom. The average molecular weight is 330 g/mol. The van der Waals surface area contributed by atoms with Gasteiger partial charge < -0.3 is 10.2 Å². The van der Waals surface area contributed by atoms with Crippen LogP contribution < -0.4 is 10.7 Å². The van der Waals surface area contributed by atoms with E-state index in [1.54, 1.807) is 30.0 Å². The molecule has 1 aromatic carbocycles. The van der Waals surface area contributed by atoms with Crippen molar-refractivity contribution in [3.8, 4) is 5.69 Å². The zero-order valence-corrected chi connectivity index (χ0v) is 13.6. The zero-order valence-electron chi connectivity index (χ0n) is 13.6. The predicted octanol–water partition coefficient (Wildman–Crippen LogP) is 1.11. The van der Waals surface area contributed by atoms with E-state index in [2.05, 4.69) is 10.4 Å². The Hall–Kier alpha value is -2.54. The molecule has 6 nitrogen and oxygen atoms in total. The number of aromatic nitrogens is 2. The number of para-hydroxylation sites is 1. The summed E-state index contributed by atoms with van der Waals surface area (Å²) < 4.78 is 15.4. The van der Waals surface area contributed by atoms with E-state index in [1.807, 2.05) is 6.92 Å². The van der Waals surface area contributed by atoms with Gasteiger partial charge in [0, 0.05) is 37.4 Å².